The second-order valence-corrected chi connectivity index (χ2v) is 9.54. The number of rotatable bonds is 5. The molecule has 204 valence electrons. The van der Waals surface area contributed by atoms with Crippen LogP contribution in [0.15, 0.2) is 42.5 Å². The standard InChI is InChI=1S/C26H27F6NO2.C2H6/c1-17-5-7-19(8-6-17)24(9-3-10-24)23(34)33-11-2-4-22(15-33)35-16-18-12-20(25(27,28)29)14-21(13-18)26(30,31)32;1-2/h5-8,12-14,22H,2-4,9-11,15-16H2,1H3;1-2H3. The number of hydrogen-bond donors (Lipinski definition) is 0. The number of piperidine rings is 1. The second-order valence-electron chi connectivity index (χ2n) is 9.54. The molecule has 2 fully saturated rings. The minimum Gasteiger partial charge on any atom is -0.372 e. The van der Waals surface area contributed by atoms with Crippen LogP contribution in [0.5, 0.6) is 0 Å². The van der Waals surface area contributed by atoms with Crippen LogP contribution < -0.4 is 0 Å². The molecule has 0 radical (unpaired) electrons. The Kier molecular flexibility index (Phi) is 8.98. The molecule has 1 saturated heterocycles. The smallest absolute Gasteiger partial charge is 0.372 e. The van der Waals surface area contributed by atoms with E-state index in [0.29, 0.717) is 31.5 Å². The third-order valence-electron chi connectivity index (χ3n) is 7.02. The number of ether oxygens (including phenoxy) is 1. The number of halogens is 6. The van der Waals surface area contributed by atoms with Crippen LogP contribution in [0.4, 0.5) is 26.3 Å². The third kappa shape index (κ3) is 6.67. The predicted molar refractivity (Wildman–Crippen MR) is 129 cm³/mol. The summed E-state index contributed by atoms with van der Waals surface area (Å²) < 4.78 is 84.5. The van der Waals surface area contributed by atoms with Crippen molar-refractivity contribution in [1.82, 2.24) is 4.90 Å². The number of carbonyl (C=O) groups excluding carboxylic acids is 1. The number of amides is 1. The molecule has 2 aromatic carbocycles. The van der Waals surface area contributed by atoms with Gasteiger partial charge in [0.05, 0.1) is 29.3 Å². The van der Waals surface area contributed by atoms with Crippen molar-refractivity contribution < 1.29 is 35.9 Å². The largest absolute Gasteiger partial charge is 0.416 e. The SMILES string of the molecule is CC.Cc1ccc(C2(C(=O)N3CCCC(OCc4cc(C(F)(F)F)cc(C(F)(F)F)c4)C3)CCC2)cc1. The Morgan fingerprint density at radius 2 is 1.51 bits per heavy atom. The van der Waals surface area contributed by atoms with Crippen molar-refractivity contribution in [3.63, 3.8) is 0 Å². The molecule has 2 aromatic rings. The molecular formula is C28H33F6NO2. The number of carbonyl (C=O) groups is 1. The van der Waals surface area contributed by atoms with E-state index in [1.165, 1.54) is 0 Å². The average Bonchev–Trinajstić information content (AvgIpc) is 2.83. The van der Waals surface area contributed by atoms with E-state index < -0.39 is 41.6 Å². The lowest BCUT2D eigenvalue weighted by atomic mass is 9.63. The minimum atomic E-state index is -4.91. The molecular weight excluding hydrogens is 496 g/mol. The lowest BCUT2D eigenvalue weighted by Gasteiger charge is -2.46. The molecule has 1 atom stereocenters. The summed E-state index contributed by atoms with van der Waals surface area (Å²) in [5.74, 6) is 0.0133. The van der Waals surface area contributed by atoms with Gasteiger partial charge in [-0.2, -0.15) is 26.3 Å². The molecule has 0 aromatic heterocycles. The van der Waals surface area contributed by atoms with E-state index in [9.17, 15) is 31.1 Å². The maximum Gasteiger partial charge on any atom is 0.416 e. The number of benzene rings is 2. The molecule has 2 aliphatic rings. The summed E-state index contributed by atoms with van der Waals surface area (Å²) in [5.41, 5.74) is -1.42. The molecule has 1 unspecified atom stereocenters. The first kappa shape index (κ1) is 29.0. The maximum absolute atomic E-state index is 13.5. The number of hydrogen-bond acceptors (Lipinski definition) is 2. The van der Waals surface area contributed by atoms with Gasteiger partial charge in [-0.05, 0) is 61.9 Å². The van der Waals surface area contributed by atoms with E-state index in [1.54, 1.807) is 4.90 Å². The van der Waals surface area contributed by atoms with Crippen LogP contribution in [0, 0.1) is 6.92 Å². The Labute approximate surface area is 213 Å². The summed E-state index contributed by atoms with van der Waals surface area (Å²) in [4.78, 5) is 15.3. The predicted octanol–water partition coefficient (Wildman–Crippen LogP) is 7.69. The monoisotopic (exact) mass is 529 g/mol. The lowest BCUT2D eigenvalue weighted by Crippen LogP contribution is -2.54. The summed E-state index contributed by atoms with van der Waals surface area (Å²) in [7, 11) is 0. The molecule has 1 saturated carbocycles. The van der Waals surface area contributed by atoms with Gasteiger partial charge in [0.15, 0.2) is 0 Å². The first-order valence-corrected chi connectivity index (χ1v) is 12.6. The molecule has 0 bridgehead atoms. The third-order valence-corrected chi connectivity index (χ3v) is 7.02. The van der Waals surface area contributed by atoms with Crippen molar-refractivity contribution >= 4 is 5.91 Å². The van der Waals surface area contributed by atoms with Crippen LogP contribution in [0.2, 0.25) is 0 Å². The van der Waals surface area contributed by atoms with E-state index >= 15 is 0 Å². The highest BCUT2D eigenvalue weighted by atomic mass is 19.4. The van der Waals surface area contributed by atoms with Gasteiger partial charge in [-0.3, -0.25) is 4.79 Å². The molecule has 1 amide bonds. The number of aryl methyl sites for hydroxylation is 1. The average molecular weight is 530 g/mol. The molecule has 9 heteroatoms. The highest BCUT2D eigenvalue weighted by Gasteiger charge is 2.48. The van der Waals surface area contributed by atoms with E-state index in [4.69, 9.17) is 4.74 Å². The number of nitrogens with zero attached hydrogens (tertiary/aromatic N) is 1. The summed E-state index contributed by atoms with van der Waals surface area (Å²) in [5, 5.41) is 0. The molecule has 1 aliphatic heterocycles. The zero-order chi connectivity index (χ0) is 27.4. The summed E-state index contributed by atoms with van der Waals surface area (Å²) >= 11 is 0. The van der Waals surface area contributed by atoms with Gasteiger partial charge in [-0.1, -0.05) is 50.1 Å². The van der Waals surface area contributed by atoms with Gasteiger partial charge in [-0.15, -0.1) is 0 Å². The number of likely N-dealkylation sites (tertiary alicyclic amines) is 1. The highest BCUT2D eigenvalue weighted by Crippen LogP contribution is 2.45. The van der Waals surface area contributed by atoms with Crippen molar-refractivity contribution in [2.24, 2.45) is 0 Å². The van der Waals surface area contributed by atoms with Crippen LogP contribution >= 0.6 is 0 Å². The van der Waals surface area contributed by atoms with E-state index in [0.717, 1.165) is 30.4 Å². The van der Waals surface area contributed by atoms with Crippen molar-refractivity contribution in [2.75, 3.05) is 13.1 Å². The fourth-order valence-corrected chi connectivity index (χ4v) is 4.91. The van der Waals surface area contributed by atoms with Crippen LogP contribution in [-0.4, -0.2) is 30.0 Å². The normalized spacial score (nSPS) is 19.5. The van der Waals surface area contributed by atoms with Crippen molar-refractivity contribution in [2.45, 2.75) is 83.4 Å². The van der Waals surface area contributed by atoms with Crippen molar-refractivity contribution in [1.29, 1.82) is 0 Å². The molecule has 0 N–H and O–H groups in total. The van der Waals surface area contributed by atoms with Gasteiger partial charge in [0.25, 0.3) is 0 Å². The highest BCUT2D eigenvalue weighted by molar-refractivity contribution is 5.89. The van der Waals surface area contributed by atoms with Crippen LogP contribution in [0.1, 0.15) is 73.8 Å². The van der Waals surface area contributed by atoms with E-state index in [2.05, 4.69) is 0 Å². The fraction of sp³-hybridized carbons (Fsp3) is 0.536. The van der Waals surface area contributed by atoms with Gasteiger partial charge < -0.3 is 9.64 Å². The zero-order valence-corrected chi connectivity index (χ0v) is 21.3. The van der Waals surface area contributed by atoms with Crippen LogP contribution in [-0.2, 0) is 33.9 Å². The maximum atomic E-state index is 13.5. The first-order chi connectivity index (χ1) is 17.4. The van der Waals surface area contributed by atoms with Gasteiger partial charge in [-0.25, -0.2) is 0 Å². The molecule has 0 spiro atoms. The topological polar surface area (TPSA) is 29.5 Å². The van der Waals surface area contributed by atoms with Gasteiger partial charge >= 0.3 is 12.4 Å². The summed E-state index contributed by atoms with van der Waals surface area (Å²) in [6.07, 6.45) is -6.60. The summed E-state index contributed by atoms with van der Waals surface area (Å²) in [6.45, 7) is 6.39. The Balaban J connectivity index is 0.00000186. The van der Waals surface area contributed by atoms with Gasteiger partial charge in [0.2, 0.25) is 5.91 Å². The first-order valence-electron chi connectivity index (χ1n) is 12.6. The van der Waals surface area contributed by atoms with Gasteiger partial charge in [0.1, 0.15) is 0 Å². The van der Waals surface area contributed by atoms with Crippen LogP contribution in [0.25, 0.3) is 0 Å². The van der Waals surface area contributed by atoms with E-state index in [1.807, 2.05) is 45.0 Å². The van der Waals surface area contributed by atoms with Crippen molar-refractivity contribution in [3.8, 4) is 0 Å². The van der Waals surface area contributed by atoms with E-state index in [-0.39, 0.29) is 24.1 Å². The lowest BCUT2D eigenvalue weighted by molar-refractivity contribution is -0.146. The van der Waals surface area contributed by atoms with Gasteiger partial charge in [0, 0.05) is 13.1 Å². The Hall–Kier alpha value is -2.55. The molecule has 4 rings (SSSR count). The Morgan fingerprint density at radius 3 is 2.00 bits per heavy atom. The second kappa shape index (κ2) is 11.5. The number of alkyl halides is 6. The quantitative estimate of drug-likeness (QED) is 0.372. The zero-order valence-electron chi connectivity index (χ0n) is 21.3. The summed E-state index contributed by atoms with van der Waals surface area (Å²) in [6, 6.07) is 9.40. The Bertz CT molecular complexity index is 1030. The molecule has 1 heterocycles. The molecule has 37 heavy (non-hydrogen) atoms. The Morgan fingerprint density at radius 1 is 0.946 bits per heavy atom. The molecule has 3 nitrogen and oxygen atoms in total. The molecule has 1 aliphatic carbocycles. The van der Waals surface area contributed by atoms with Crippen molar-refractivity contribution in [3.05, 3.63) is 70.3 Å². The minimum absolute atomic E-state index is 0.0133. The fourth-order valence-electron chi connectivity index (χ4n) is 4.91. The van der Waals surface area contributed by atoms with Crippen LogP contribution in [0.3, 0.4) is 0 Å².